The van der Waals surface area contributed by atoms with Crippen molar-refractivity contribution in [2.24, 2.45) is 0 Å². The van der Waals surface area contributed by atoms with Gasteiger partial charge in [0.05, 0.1) is 6.54 Å². The Bertz CT molecular complexity index is 1000. The molecule has 0 saturated carbocycles. The Morgan fingerprint density at radius 1 is 1.04 bits per heavy atom. The monoisotopic (exact) mass is 399 g/mol. The summed E-state index contributed by atoms with van der Waals surface area (Å²) < 4.78 is 12.9. The number of aromatic nitrogens is 2. The van der Waals surface area contributed by atoms with Crippen molar-refractivity contribution in [2.75, 3.05) is 10.6 Å². The van der Waals surface area contributed by atoms with E-state index >= 15 is 0 Å². The summed E-state index contributed by atoms with van der Waals surface area (Å²) >= 11 is 1.07. The fraction of sp³-hybridized carbons (Fsp3) is 0.158. The van der Waals surface area contributed by atoms with Gasteiger partial charge in [0, 0.05) is 11.4 Å². The van der Waals surface area contributed by atoms with E-state index in [1.807, 2.05) is 32.0 Å². The molecule has 0 aliphatic rings. The van der Waals surface area contributed by atoms with Crippen LogP contribution < -0.4 is 16.0 Å². The average Bonchev–Trinajstić information content (AvgIpc) is 3.13. The minimum Gasteiger partial charge on any atom is -0.331 e. The normalized spacial score (nSPS) is 10.4. The van der Waals surface area contributed by atoms with Crippen LogP contribution in [0, 0.1) is 19.7 Å². The van der Waals surface area contributed by atoms with Crippen molar-refractivity contribution in [2.45, 2.75) is 20.4 Å². The lowest BCUT2D eigenvalue weighted by Gasteiger charge is -2.09. The predicted molar refractivity (Wildman–Crippen MR) is 106 cm³/mol. The van der Waals surface area contributed by atoms with Crippen LogP contribution in [0.5, 0.6) is 0 Å². The lowest BCUT2D eigenvalue weighted by Crippen LogP contribution is -2.28. The van der Waals surface area contributed by atoms with E-state index in [1.165, 1.54) is 24.3 Å². The number of carbonyl (C=O) groups is 2. The molecule has 0 bridgehead atoms. The van der Waals surface area contributed by atoms with E-state index in [9.17, 15) is 14.0 Å². The van der Waals surface area contributed by atoms with Crippen LogP contribution in [0.1, 0.15) is 25.9 Å². The quantitative estimate of drug-likeness (QED) is 0.607. The second-order valence-electron chi connectivity index (χ2n) is 6.09. The van der Waals surface area contributed by atoms with Crippen molar-refractivity contribution < 1.29 is 14.0 Å². The third kappa shape index (κ3) is 5.10. The minimum absolute atomic E-state index is 0.137. The predicted octanol–water partition coefficient (Wildman–Crippen LogP) is 3.87. The van der Waals surface area contributed by atoms with Crippen LogP contribution in [0.4, 0.5) is 20.6 Å². The molecule has 9 heteroatoms. The Morgan fingerprint density at radius 3 is 2.50 bits per heavy atom. The van der Waals surface area contributed by atoms with Gasteiger partial charge in [-0.3, -0.25) is 4.79 Å². The summed E-state index contributed by atoms with van der Waals surface area (Å²) in [5.74, 6) is -0.837. The molecule has 0 saturated heterocycles. The van der Waals surface area contributed by atoms with Crippen molar-refractivity contribution in [3.05, 3.63) is 69.4 Å². The van der Waals surface area contributed by atoms with E-state index in [0.717, 1.165) is 28.2 Å². The lowest BCUT2D eigenvalue weighted by atomic mass is 10.1. The number of rotatable bonds is 5. The average molecular weight is 399 g/mol. The van der Waals surface area contributed by atoms with Crippen molar-refractivity contribution in [1.82, 2.24) is 15.5 Å². The van der Waals surface area contributed by atoms with Crippen LogP contribution >= 0.6 is 11.3 Å². The molecule has 3 N–H and O–H groups in total. The summed E-state index contributed by atoms with van der Waals surface area (Å²) in [5, 5.41) is 16.4. The number of benzene rings is 2. The number of hydrogen-bond acceptors (Lipinski definition) is 5. The van der Waals surface area contributed by atoms with Gasteiger partial charge >= 0.3 is 6.03 Å². The van der Waals surface area contributed by atoms with Gasteiger partial charge in [0.25, 0.3) is 5.91 Å². The van der Waals surface area contributed by atoms with Crippen LogP contribution in [0.15, 0.2) is 42.5 Å². The highest BCUT2D eigenvalue weighted by atomic mass is 32.1. The van der Waals surface area contributed by atoms with Crippen LogP contribution in [0.3, 0.4) is 0 Å². The fourth-order valence-corrected chi connectivity index (χ4v) is 3.09. The number of amides is 3. The second kappa shape index (κ2) is 8.57. The largest absolute Gasteiger partial charge is 0.331 e. The highest BCUT2D eigenvalue weighted by molar-refractivity contribution is 7.13. The fourth-order valence-electron chi connectivity index (χ4n) is 2.41. The first-order chi connectivity index (χ1) is 13.4. The zero-order chi connectivity index (χ0) is 20.1. The molecular formula is C19H18FN5O2S. The standard InChI is InChI=1S/C19H18FN5O2S/c1-11-3-8-15(12(2)9-11)23-19(27)21-10-16-24-25-18(28-16)17(26)22-14-6-4-13(20)5-7-14/h3-9H,10H2,1-2H3,(H,22,26)(H2,21,23,27). The molecule has 2 aromatic carbocycles. The van der Waals surface area contributed by atoms with Gasteiger partial charge in [0.1, 0.15) is 10.8 Å². The van der Waals surface area contributed by atoms with E-state index < -0.39 is 5.91 Å². The number of nitrogens with zero attached hydrogens (tertiary/aromatic N) is 2. The third-order valence-electron chi connectivity index (χ3n) is 3.79. The van der Waals surface area contributed by atoms with Gasteiger partial charge in [0.2, 0.25) is 5.01 Å². The number of anilines is 2. The molecule has 7 nitrogen and oxygen atoms in total. The van der Waals surface area contributed by atoms with Crippen molar-refractivity contribution >= 4 is 34.6 Å². The first-order valence-electron chi connectivity index (χ1n) is 8.42. The highest BCUT2D eigenvalue weighted by Gasteiger charge is 2.14. The molecule has 144 valence electrons. The van der Waals surface area contributed by atoms with Gasteiger partial charge in [-0.05, 0) is 49.7 Å². The molecule has 0 radical (unpaired) electrons. The van der Waals surface area contributed by atoms with Crippen LogP contribution in [0.2, 0.25) is 0 Å². The molecule has 3 aromatic rings. The van der Waals surface area contributed by atoms with Crippen LogP contribution in [-0.2, 0) is 6.54 Å². The Balaban J connectivity index is 1.53. The van der Waals surface area contributed by atoms with Crippen molar-refractivity contribution in [3.8, 4) is 0 Å². The molecule has 1 aromatic heterocycles. The number of carbonyl (C=O) groups excluding carboxylic acids is 2. The Hall–Kier alpha value is -3.33. The number of aryl methyl sites for hydroxylation is 2. The van der Waals surface area contributed by atoms with Gasteiger partial charge in [-0.25, -0.2) is 9.18 Å². The van der Waals surface area contributed by atoms with Gasteiger partial charge in [0.15, 0.2) is 0 Å². The topological polar surface area (TPSA) is 96.0 Å². The summed E-state index contributed by atoms with van der Waals surface area (Å²) in [6.45, 7) is 4.04. The summed E-state index contributed by atoms with van der Waals surface area (Å²) in [4.78, 5) is 24.2. The van der Waals surface area contributed by atoms with Gasteiger partial charge in [-0.15, -0.1) is 10.2 Å². The molecule has 0 aliphatic heterocycles. The minimum atomic E-state index is -0.449. The molecule has 0 aliphatic carbocycles. The molecule has 1 heterocycles. The smallest absolute Gasteiger partial charge is 0.319 e. The molecule has 3 rings (SSSR count). The van der Waals surface area contributed by atoms with E-state index in [-0.39, 0.29) is 23.4 Å². The summed E-state index contributed by atoms with van der Waals surface area (Å²) in [7, 11) is 0. The maximum absolute atomic E-state index is 12.9. The Labute approximate surface area is 165 Å². The number of urea groups is 1. The summed E-state index contributed by atoms with van der Waals surface area (Å²) in [6, 6.07) is 10.8. The molecule has 3 amide bonds. The van der Waals surface area contributed by atoms with Gasteiger partial charge in [-0.1, -0.05) is 29.0 Å². The zero-order valence-corrected chi connectivity index (χ0v) is 16.1. The van der Waals surface area contributed by atoms with E-state index in [1.54, 1.807) is 0 Å². The maximum Gasteiger partial charge on any atom is 0.319 e. The van der Waals surface area contributed by atoms with Crippen molar-refractivity contribution in [1.29, 1.82) is 0 Å². The zero-order valence-electron chi connectivity index (χ0n) is 15.2. The summed E-state index contributed by atoms with van der Waals surface area (Å²) in [6.07, 6.45) is 0. The van der Waals surface area contributed by atoms with E-state index in [0.29, 0.717) is 10.7 Å². The third-order valence-corrected chi connectivity index (χ3v) is 4.72. The van der Waals surface area contributed by atoms with Crippen LogP contribution in [-0.4, -0.2) is 22.1 Å². The SMILES string of the molecule is Cc1ccc(NC(=O)NCc2nnc(C(=O)Nc3ccc(F)cc3)s2)c(C)c1. The summed E-state index contributed by atoms with van der Waals surface area (Å²) in [5.41, 5.74) is 3.25. The Kier molecular flexibility index (Phi) is 5.95. The van der Waals surface area contributed by atoms with E-state index in [2.05, 4.69) is 26.1 Å². The van der Waals surface area contributed by atoms with Crippen LogP contribution in [0.25, 0.3) is 0 Å². The molecule has 0 fully saturated rings. The number of hydrogen-bond donors (Lipinski definition) is 3. The number of nitrogens with one attached hydrogen (secondary N) is 3. The highest BCUT2D eigenvalue weighted by Crippen LogP contribution is 2.16. The second-order valence-corrected chi connectivity index (χ2v) is 7.15. The molecular weight excluding hydrogens is 381 g/mol. The Morgan fingerprint density at radius 2 is 1.79 bits per heavy atom. The molecule has 0 unspecified atom stereocenters. The molecule has 28 heavy (non-hydrogen) atoms. The molecule has 0 atom stereocenters. The number of halogens is 1. The maximum atomic E-state index is 12.9. The first-order valence-corrected chi connectivity index (χ1v) is 9.24. The van der Waals surface area contributed by atoms with Crippen molar-refractivity contribution in [3.63, 3.8) is 0 Å². The lowest BCUT2D eigenvalue weighted by molar-refractivity contribution is 0.102. The van der Waals surface area contributed by atoms with Gasteiger partial charge in [-0.2, -0.15) is 0 Å². The molecule has 0 spiro atoms. The van der Waals surface area contributed by atoms with E-state index in [4.69, 9.17) is 0 Å². The first kappa shape index (κ1) is 19.4. The van der Waals surface area contributed by atoms with Gasteiger partial charge < -0.3 is 16.0 Å².